The summed E-state index contributed by atoms with van der Waals surface area (Å²) >= 11 is 0. The number of nitrogens with zero attached hydrogens (tertiary/aromatic N) is 2. The Morgan fingerprint density at radius 1 is 1.56 bits per heavy atom. The van der Waals surface area contributed by atoms with Gasteiger partial charge in [-0.05, 0) is 39.5 Å². The molecule has 1 aliphatic rings. The van der Waals surface area contributed by atoms with Gasteiger partial charge in [0.1, 0.15) is 17.8 Å². The summed E-state index contributed by atoms with van der Waals surface area (Å²) in [7, 11) is 0. The molecule has 0 aromatic heterocycles. The standard InChI is InChI=1S/C13H20N2O3/c1-13(2,3)18-12(17)15-6-4-5-10(8-15)11(7-14)9-16/h9-11H,4-6,8H2,1-3H3. The van der Waals surface area contributed by atoms with Crippen LogP contribution in [0.4, 0.5) is 4.79 Å². The van der Waals surface area contributed by atoms with E-state index in [0.29, 0.717) is 19.4 Å². The monoisotopic (exact) mass is 252 g/mol. The number of carbonyl (C=O) groups excluding carboxylic acids is 2. The molecule has 0 aromatic rings. The lowest BCUT2D eigenvalue weighted by molar-refractivity contribution is -0.111. The molecule has 1 amide bonds. The third-order valence-corrected chi connectivity index (χ3v) is 2.91. The highest BCUT2D eigenvalue weighted by Crippen LogP contribution is 2.24. The third-order valence-electron chi connectivity index (χ3n) is 2.91. The van der Waals surface area contributed by atoms with Crippen LogP contribution in [0.15, 0.2) is 0 Å². The average Bonchev–Trinajstić information content (AvgIpc) is 2.29. The Morgan fingerprint density at radius 3 is 2.72 bits per heavy atom. The number of piperidine rings is 1. The second kappa shape index (κ2) is 5.85. The van der Waals surface area contributed by atoms with Crippen molar-refractivity contribution in [2.24, 2.45) is 11.8 Å². The molecule has 18 heavy (non-hydrogen) atoms. The molecule has 0 N–H and O–H groups in total. The van der Waals surface area contributed by atoms with Crippen LogP contribution in [-0.4, -0.2) is 36.0 Å². The van der Waals surface area contributed by atoms with Gasteiger partial charge in [0, 0.05) is 13.1 Å². The van der Waals surface area contributed by atoms with Crippen molar-refractivity contribution in [1.29, 1.82) is 5.26 Å². The molecular weight excluding hydrogens is 232 g/mol. The van der Waals surface area contributed by atoms with Crippen LogP contribution in [0.3, 0.4) is 0 Å². The van der Waals surface area contributed by atoms with E-state index in [0.717, 1.165) is 12.8 Å². The SMILES string of the molecule is CC(C)(C)OC(=O)N1CCCC(C(C#N)C=O)C1. The van der Waals surface area contributed by atoms with E-state index < -0.39 is 11.5 Å². The minimum atomic E-state index is -0.629. The van der Waals surface area contributed by atoms with Gasteiger partial charge in [-0.15, -0.1) is 0 Å². The highest BCUT2D eigenvalue weighted by atomic mass is 16.6. The fourth-order valence-corrected chi connectivity index (χ4v) is 2.04. The highest BCUT2D eigenvalue weighted by molar-refractivity contribution is 5.68. The van der Waals surface area contributed by atoms with Crippen molar-refractivity contribution in [2.45, 2.75) is 39.2 Å². The van der Waals surface area contributed by atoms with Gasteiger partial charge in [-0.25, -0.2) is 4.79 Å². The summed E-state index contributed by atoms with van der Waals surface area (Å²) in [6.45, 7) is 6.50. The molecule has 0 bridgehead atoms. The van der Waals surface area contributed by atoms with Gasteiger partial charge < -0.3 is 14.4 Å². The van der Waals surface area contributed by atoms with E-state index in [1.807, 2.05) is 26.8 Å². The van der Waals surface area contributed by atoms with E-state index in [4.69, 9.17) is 10.00 Å². The number of amides is 1. The smallest absolute Gasteiger partial charge is 0.410 e. The molecule has 0 aliphatic carbocycles. The van der Waals surface area contributed by atoms with Crippen LogP contribution in [0.5, 0.6) is 0 Å². The van der Waals surface area contributed by atoms with Crippen LogP contribution in [0.25, 0.3) is 0 Å². The molecule has 5 nitrogen and oxygen atoms in total. The molecule has 1 rings (SSSR count). The predicted octanol–water partition coefficient (Wildman–Crippen LogP) is 1.97. The van der Waals surface area contributed by atoms with Gasteiger partial charge in [0.15, 0.2) is 0 Å². The largest absolute Gasteiger partial charge is 0.444 e. The molecule has 1 aliphatic heterocycles. The Hall–Kier alpha value is -1.57. The molecule has 0 radical (unpaired) electrons. The summed E-state index contributed by atoms with van der Waals surface area (Å²) in [5.41, 5.74) is -0.524. The third kappa shape index (κ3) is 4.02. The van der Waals surface area contributed by atoms with Gasteiger partial charge in [0.05, 0.1) is 6.07 Å². The van der Waals surface area contributed by atoms with Crippen molar-refractivity contribution in [3.63, 3.8) is 0 Å². The quantitative estimate of drug-likeness (QED) is 0.704. The molecule has 0 saturated carbocycles. The van der Waals surface area contributed by atoms with Gasteiger partial charge in [-0.1, -0.05) is 0 Å². The summed E-state index contributed by atoms with van der Waals surface area (Å²) in [4.78, 5) is 24.3. The van der Waals surface area contributed by atoms with Crippen molar-refractivity contribution >= 4 is 12.4 Å². The van der Waals surface area contributed by atoms with E-state index in [1.165, 1.54) is 0 Å². The van der Waals surface area contributed by atoms with Crippen LogP contribution in [-0.2, 0) is 9.53 Å². The molecule has 0 spiro atoms. The van der Waals surface area contributed by atoms with Crippen LogP contribution >= 0.6 is 0 Å². The van der Waals surface area contributed by atoms with Crippen LogP contribution < -0.4 is 0 Å². The molecule has 1 heterocycles. The molecule has 0 aromatic carbocycles. The predicted molar refractivity (Wildman–Crippen MR) is 65.7 cm³/mol. The lowest BCUT2D eigenvalue weighted by Gasteiger charge is -2.34. The molecule has 2 unspecified atom stereocenters. The second-order valence-corrected chi connectivity index (χ2v) is 5.62. The average molecular weight is 252 g/mol. The number of hydrogen-bond donors (Lipinski definition) is 0. The fourth-order valence-electron chi connectivity index (χ4n) is 2.04. The Morgan fingerprint density at radius 2 is 2.22 bits per heavy atom. The second-order valence-electron chi connectivity index (χ2n) is 5.62. The maximum atomic E-state index is 11.9. The Bertz CT molecular complexity index is 354. The minimum Gasteiger partial charge on any atom is -0.444 e. The maximum Gasteiger partial charge on any atom is 0.410 e. The van der Waals surface area contributed by atoms with E-state index >= 15 is 0 Å². The van der Waals surface area contributed by atoms with Crippen LogP contribution in [0.2, 0.25) is 0 Å². The first kappa shape index (κ1) is 14.5. The summed E-state index contributed by atoms with van der Waals surface area (Å²) in [5.74, 6) is -0.705. The summed E-state index contributed by atoms with van der Waals surface area (Å²) < 4.78 is 5.29. The lowest BCUT2D eigenvalue weighted by atomic mass is 9.87. The van der Waals surface area contributed by atoms with Gasteiger partial charge in [0.2, 0.25) is 0 Å². The zero-order valence-corrected chi connectivity index (χ0v) is 11.2. The first-order valence-electron chi connectivity index (χ1n) is 6.20. The van der Waals surface area contributed by atoms with E-state index in [1.54, 1.807) is 4.90 Å². The van der Waals surface area contributed by atoms with Crippen molar-refractivity contribution in [3.05, 3.63) is 0 Å². The van der Waals surface area contributed by atoms with Gasteiger partial charge in [0.25, 0.3) is 0 Å². The van der Waals surface area contributed by atoms with E-state index in [2.05, 4.69) is 0 Å². The van der Waals surface area contributed by atoms with E-state index in [9.17, 15) is 9.59 Å². The molecule has 2 atom stereocenters. The summed E-state index contributed by atoms with van der Waals surface area (Å²) in [6, 6.07) is 1.98. The van der Waals surface area contributed by atoms with Crippen molar-refractivity contribution in [2.75, 3.05) is 13.1 Å². The normalized spacial score (nSPS) is 21.9. The van der Waals surface area contributed by atoms with E-state index in [-0.39, 0.29) is 12.0 Å². The van der Waals surface area contributed by atoms with Crippen LogP contribution in [0, 0.1) is 23.2 Å². The number of likely N-dealkylation sites (tertiary alicyclic amines) is 1. The van der Waals surface area contributed by atoms with Crippen LogP contribution in [0.1, 0.15) is 33.6 Å². The number of hydrogen-bond acceptors (Lipinski definition) is 4. The fraction of sp³-hybridized carbons (Fsp3) is 0.769. The zero-order valence-electron chi connectivity index (χ0n) is 11.2. The Kier molecular flexibility index (Phi) is 4.71. The van der Waals surface area contributed by atoms with Gasteiger partial charge in [-0.3, -0.25) is 0 Å². The van der Waals surface area contributed by atoms with Gasteiger partial charge in [-0.2, -0.15) is 5.26 Å². The van der Waals surface area contributed by atoms with Crippen molar-refractivity contribution < 1.29 is 14.3 Å². The Balaban J connectivity index is 2.61. The first-order chi connectivity index (χ1) is 8.37. The van der Waals surface area contributed by atoms with Crippen molar-refractivity contribution in [3.8, 4) is 6.07 Å². The first-order valence-corrected chi connectivity index (χ1v) is 6.20. The molecule has 100 valence electrons. The molecular formula is C13H20N2O3. The number of rotatable bonds is 2. The Labute approximate surface area is 108 Å². The van der Waals surface area contributed by atoms with Crippen molar-refractivity contribution in [1.82, 2.24) is 4.90 Å². The molecule has 1 saturated heterocycles. The highest BCUT2D eigenvalue weighted by Gasteiger charge is 2.31. The maximum absolute atomic E-state index is 11.9. The molecule has 5 heteroatoms. The topological polar surface area (TPSA) is 70.4 Å². The lowest BCUT2D eigenvalue weighted by Crippen LogP contribution is -2.44. The number of ether oxygens (including phenoxy) is 1. The number of carbonyl (C=O) groups is 2. The van der Waals surface area contributed by atoms with Gasteiger partial charge >= 0.3 is 6.09 Å². The zero-order chi connectivity index (χ0) is 13.8. The number of aldehydes is 1. The molecule has 1 fully saturated rings. The summed E-state index contributed by atoms with van der Waals surface area (Å²) in [6.07, 6.45) is 1.91. The summed E-state index contributed by atoms with van der Waals surface area (Å²) in [5, 5.41) is 8.87. The number of nitriles is 1. The minimum absolute atomic E-state index is 0.0752.